The lowest BCUT2D eigenvalue weighted by molar-refractivity contribution is -0.140. The first-order valence-corrected chi connectivity index (χ1v) is 3.81. The molecule has 0 aliphatic carbocycles. The van der Waals surface area contributed by atoms with E-state index < -0.39 is 11.9 Å². The molecule has 0 aliphatic rings. The molecule has 0 saturated carbocycles. The highest BCUT2D eigenvalue weighted by molar-refractivity contribution is 7.14. The molecule has 2 aromatic rings. The molecule has 7 heteroatoms. The van der Waals surface area contributed by atoms with Gasteiger partial charge < -0.3 is 0 Å². The Morgan fingerprint density at radius 2 is 2.17 bits per heavy atom. The minimum Gasteiger partial charge on any atom is -0.213 e. The lowest BCUT2D eigenvalue weighted by Crippen LogP contribution is -2.04. The van der Waals surface area contributed by atoms with Gasteiger partial charge in [0.1, 0.15) is 5.51 Å². The summed E-state index contributed by atoms with van der Waals surface area (Å²) in [6.07, 6.45) is -3.51. The average molecular weight is 193 g/mol. The minimum absolute atomic E-state index is 0.252. The smallest absolute Gasteiger partial charge is 0.213 e. The maximum Gasteiger partial charge on any atom is 0.435 e. The zero-order valence-corrected chi connectivity index (χ0v) is 6.35. The van der Waals surface area contributed by atoms with E-state index in [4.69, 9.17) is 0 Å². The Kier molecular flexibility index (Phi) is 1.38. The van der Waals surface area contributed by atoms with Gasteiger partial charge in [-0.1, -0.05) is 11.3 Å². The molecule has 0 radical (unpaired) electrons. The fourth-order valence-corrected chi connectivity index (χ4v) is 1.38. The second-order valence-electron chi connectivity index (χ2n) is 2.09. The van der Waals surface area contributed by atoms with Crippen LogP contribution >= 0.6 is 11.3 Å². The van der Waals surface area contributed by atoms with Crippen LogP contribution in [0.25, 0.3) is 4.96 Å². The van der Waals surface area contributed by atoms with Gasteiger partial charge in [0.25, 0.3) is 0 Å². The van der Waals surface area contributed by atoms with Gasteiger partial charge in [0, 0.05) is 0 Å². The minimum atomic E-state index is -4.38. The summed E-state index contributed by atoms with van der Waals surface area (Å²) < 4.78 is 37.1. The van der Waals surface area contributed by atoms with E-state index in [0.29, 0.717) is 0 Å². The summed E-state index contributed by atoms with van der Waals surface area (Å²) in [5.41, 5.74) is 0.532. The summed E-state index contributed by atoms with van der Waals surface area (Å²) >= 11 is 1.06. The van der Waals surface area contributed by atoms with Crippen molar-refractivity contribution in [1.82, 2.24) is 14.6 Å². The molecule has 2 rings (SSSR count). The van der Waals surface area contributed by atoms with E-state index in [0.717, 1.165) is 22.0 Å². The molecule has 2 heterocycles. The van der Waals surface area contributed by atoms with Crippen LogP contribution in [-0.2, 0) is 6.18 Å². The zero-order valence-electron chi connectivity index (χ0n) is 5.54. The van der Waals surface area contributed by atoms with Crippen LogP contribution in [0.3, 0.4) is 0 Å². The van der Waals surface area contributed by atoms with Crippen LogP contribution in [-0.4, -0.2) is 14.6 Å². The molecule has 0 spiro atoms. The zero-order chi connectivity index (χ0) is 8.77. The first kappa shape index (κ1) is 7.53. The Labute approximate surface area is 68.5 Å². The first-order chi connectivity index (χ1) is 5.57. The Morgan fingerprint density at radius 3 is 2.75 bits per heavy atom. The van der Waals surface area contributed by atoms with Gasteiger partial charge >= 0.3 is 6.18 Å². The highest BCUT2D eigenvalue weighted by atomic mass is 32.1. The summed E-state index contributed by atoms with van der Waals surface area (Å²) in [6, 6.07) is 0. The third-order valence-electron chi connectivity index (χ3n) is 1.28. The molecule has 0 fully saturated rings. The number of alkyl halides is 3. The van der Waals surface area contributed by atoms with Crippen LogP contribution in [0, 0.1) is 0 Å². The summed E-state index contributed by atoms with van der Waals surface area (Å²) in [6.45, 7) is 0. The second kappa shape index (κ2) is 2.19. The molecular formula is C5H2F3N3S. The third kappa shape index (κ3) is 1.06. The van der Waals surface area contributed by atoms with Crippen molar-refractivity contribution in [3.05, 3.63) is 17.4 Å². The van der Waals surface area contributed by atoms with Crippen LogP contribution in [0.15, 0.2) is 11.7 Å². The van der Waals surface area contributed by atoms with Crippen LogP contribution in [0.4, 0.5) is 13.2 Å². The van der Waals surface area contributed by atoms with Crippen molar-refractivity contribution < 1.29 is 13.2 Å². The van der Waals surface area contributed by atoms with Gasteiger partial charge in [0.05, 0.1) is 6.20 Å². The Hall–Kier alpha value is -1.11. The van der Waals surface area contributed by atoms with E-state index in [1.165, 1.54) is 5.51 Å². The molecule has 0 bridgehead atoms. The molecule has 0 saturated heterocycles. The van der Waals surface area contributed by atoms with Gasteiger partial charge in [-0.2, -0.15) is 18.3 Å². The molecule has 2 aromatic heterocycles. The van der Waals surface area contributed by atoms with Crippen LogP contribution in [0.1, 0.15) is 5.69 Å². The molecular weight excluding hydrogens is 191 g/mol. The number of rotatable bonds is 0. The number of hydrogen-bond donors (Lipinski definition) is 0. The van der Waals surface area contributed by atoms with Gasteiger partial charge in [-0.25, -0.2) is 9.50 Å². The highest BCUT2D eigenvalue weighted by Gasteiger charge is 2.34. The molecule has 0 atom stereocenters. The number of halogens is 3. The highest BCUT2D eigenvalue weighted by Crippen LogP contribution is 2.28. The summed E-state index contributed by atoms with van der Waals surface area (Å²) in [5.74, 6) is 0. The standard InChI is InChI=1S/C5H2F3N3S/c6-5(7,8)3-1-11-4(10-3)12-2-9-11/h1-2H. The Morgan fingerprint density at radius 1 is 1.42 bits per heavy atom. The maximum absolute atomic E-state index is 12.0. The van der Waals surface area contributed by atoms with E-state index >= 15 is 0 Å². The van der Waals surface area contributed by atoms with Crippen molar-refractivity contribution >= 4 is 16.3 Å². The SMILES string of the molecule is FC(F)(F)c1cn2ncsc2n1. The summed E-state index contributed by atoms with van der Waals surface area (Å²) in [7, 11) is 0. The van der Waals surface area contributed by atoms with Crippen LogP contribution < -0.4 is 0 Å². The van der Waals surface area contributed by atoms with Gasteiger partial charge in [-0.15, -0.1) is 0 Å². The summed E-state index contributed by atoms with van der Waals surface area (Å²) in [5, 5.41) is 3.63. The maximum atomic E-state index is 12.0. The lowest BCUT2D eigenvalue weighted by atomic mass is 10.5. The van der Waals surface area contributed by atoms with E-state index in [-0.39, 0.29) is 4.96 Å². The molecule has 64 valence electrons. The molecule has 3 nitrogen and oxygen atoms in total. The largest absolute Gasteiger partial charge is 0.435 e. The molecule has 0 aromatic carbocycles. The second-order valence-corrected chi connectivity index (χ2v) is 2.90. The predicted octanol–water partition coefficient (Wildman–Crippen LogP) is 1.81. The average Bonchev–Trinajstić information content (AvgIpc) is 2.37. The number of aromatic nitrogens is 3. The fraction of sp³-hybridized carbons (Fsp3) is 0.200. The monoisotopic (exact) mass is 193 g/mol. The normalized spacial score (nSPS) is 12.6. The lowest BCUT2D eigenvalue weighted by Gasteiger charge is -1.98. The molecule has 12 heavy (non-hydrogen) atoms. The van der Waals surface area contributed by atoms with Gasteiger partial charge in [-0.3, -0.25) is 0 Å². The van der Waals surface area contributed by atoms with E-state index in [1.807, 2.05) is 0 Å². The number of fused-ring (bicyclic) bond motifs is 1. The Bertz CT molecular complexity index is 373. The van der Waals surface area contributed by atoms with Gasteiger partial charge in [0.2, 0.25) is 4.96 Å². The van der Waals surface area contributed by atoms with Crippen molar-refractivity contribution in [2.75, 3.05) is 0 Å². The third-order valence-corrected chi connectivity index (χ3v) is 1.97. The van der Waals surface area contributed by atoms with E-state index in [2.05, 4.69) is 10.1 Å². The molecule has 0 unspecified atom stereocenters. The van der Waals surface area contributed by atoms with Crippen molar-refractivity contribution in [2.45, 2.75) is 6.18 Å². The molecule has 0 aliphatic heterocycles. The van der Waals surface area contributed by atoms with Crippen LogP contribution in [0.5, 0.6) is 0 Å². The van der Waals surface area contributed by atoms with Crippen molar-refractivity contribution in [2.24, 2.45) is 0 Å². The fourth-order valence-electron chi connectivity index (χ4n) is 0.775. The predicted molar refractivity (Wildman–Crippen MR) is 35.9 cm³/mol. The van der Waals surface area contributed by atoms with Crippen molar-refractivity contribution in [3.63, 3.8) is 0 Å². The molecule has 0 amide bonds. The van der Waals surface area contributed by atoms with Crippen molar-refractivity contribution in [1.29, 1.82) is 0 Å². The summed E-state index contributed by atoms with van der Waals surface area (Å²) in [4.78, 5) is 3.59. The van der Waals surface area contributed by atoms with Crippen molar-refractivity contribution in [3.8, 4) is 0 Å². The first-order valence-electron chi connectivity index (χ1n) is 2.93. The molecule has 0 N–H and O–H groups in total. The number of nitrogens with zero attached hydrogens (tertiary/aromatic N) is 3. The number of imidazole rings is 1. The van der Waals surface area contributed by atoms with Gasteiger partial charge in [0.15, 0.2) is 5.69 Å². The quantitative estimate of drug-likeness (QED) is 0.638. The topological polar surface area (TPSA) is 30.2 Å². The van der Waals surface area contributed by atoms with Gasteiger partial charge in [-0.05, 0) is 0 Å². The van der Waals surface area contributed by atoms with E-state index in [1.54, 1.807) is 0 Å². The number of hydrogen-bond acceptors (Lipinski definition) is 3. The van der Waals surface area contributed by atoms with E-state index in [9.17, 15) is 13.2 Å². The van der Waals surface area contributed by atoms with Crippen LogP contribution in [0.2, 0.25) is 0 Å². The Balaban J connectivity index is 2.59.